The van der Waals surface area contributed by atoms with Gasteiger partial charge in [-0.3, -0.25) is 0 Å². The Morgan fingerprint density at radius 2 is 1.49 bits per heavy atom. The van der Waals surface area contributed by atoms with E-state index in [4.69, 9.17) is 4.18 Å². The molecule has 210 valence electrons. The smallest absolute Gasteiger partial charge is 0.379 e. The number of benzene rings is 3. The molecule has 0 saturated heterocycles. The van der Waals surface area contributed by atoms with Crippen molar-refractivity contribution < 1.29 is 43.7 Å². The average Bonchev–Trinajstić information content (AvgIpc) is 2.82. The Morgan fingerprint density at radius 1 is 0.872 bits per heavy atom. The van der Waals surface area contributed by atoms with Crippen molar-refractivity contribution >= 4 is 21.8 Å². The highest BCUT2D eigenvalue weighted by molar-refractivity contribution is 7.87. The summed E-state index contributed by atoms with van der Waals surface area (Å²) in [5.41, 5.74) is -1.43. The van der Waals surface area contributed by atoms with Crippen LogP contribution in [-0.2, 0) is 29.0 Å². The van der Waals surface area contributed by atoms with Gasteiger partial charge >= 0.3 is 28.5 Å². The zero-order valence-corrected chi connectivity index (χ0v) is 21.5. The number of urea groups is 1. The number of rotatable bonds is 8. The number of nitrogens with one attached hydrogen (secondary N) is 1. The minimum Gasteiger partial charge on any atom is -0.379 e. The van der Waals surface area contributed by atoms with Crippen LogP contribution in [0.25, 0.3) is 0 Å². The number of carbonyl (C=O) groups is 1. The molecule has 0 radical (unpaired) electrons. The van der Waals surface area contributed by atoms with Gasteiger partial charge in [0.05, 0.1) is 11.1 Å². The fourth-order valence-electron chi connectivity index (χ4n) is 3.52. The van der Waals surface area contributed by atoms with Crippen LogP contribution in [-0.4, -0.2) is 25.9 Å². The van der Waals surface area contributed by atoms with Gasteiger partial charge in [0.1, 0.15) is 10.6 Å². The zero-order chi connectivity index (χ0) is 29.0. The summed E-state index contributed by atoms with van der Waals surface area (Å²) >= 11 is 0. The first-order valence-electron chi connectivity index (χ1n) is 11.5. The van der Waals surface area contributed by atoms with Crippen LogP contribution in [0.2, 0.25) is 0 Å². The van der Waals surface area contributed by atoms with Crippen molar-refractivity contribution in [2.45, 2.75) is 37.6 Å². The largest absolute Gasteiger partial charge is 0.416 e. The average molecular weight is 575 g/mol. The summed E-state index contributed by atoms with van der Waals surface area (Å²) in [6.45, 7) is 3.92. The van der Waals surface area contributed by atoms with Crippen molar-refractivity contribution in [3.8, 4) is 5.75 Å². The number of hydrogen-bond acceptors (Lipinski definition) is 4. The topological polar surface area (TPSA) is 75.7 Å². The molecule has 0 heterocycles. The molecule has 39 heavy (non-hydrogen) atoms. The SMILES string of the molecule is CC(C)CN(Cc1cccc(OS(=O)(=O)c2cccc(C(F)(F)F)c2)c1)C(=O)Nc1ccc(C(F)(F)F)cc1. The minimum atomic E-state index is -4.74. The first-order valence-corrected chi connectivity index (χ1v) is 12.9. The lowest BCUT2D eigenvalue weighted by Gasteiger charge is -2.25. The van der Waals surface area contributed by atoms with E-state index in [2.05, 4.69) is 5.32 Å². The molecule has 0 atom stereocenters. The van der Waals surface area contributed by atoms with Gasteiger partial charge < -0.3 is 14.4 Å². The molecule has 0 saturated carbocycles. The van der Waals surface area contributed by atoms with Crippen molar-refractivity contribution in [2.75, 3.05) is 11.9 Å². The van der Waals surface area contributed by atoms with E-state index in [1.54, 1.807) is 6.07 Å². The summed E-state index contributed by atoms with van der Waals surface area (Å²) in [5, 5.41) is 2.54. The molecule has 0 aromatic heterocycles. The van der Waals surface area contributed by atoms with E-state index in [1.807, 2.05) is 13.8 Å². The maximum Gasteiger partial charge on any atom is 0.416 e. The van der Waals surface area contributed by atoms with Crippen LogP contribution in [0.4, 0.5) is 36.8 Å². The Bertz CT molecular complexity index is 1400. The van der Waals surface area contributed by atoms with Crippen LogP contribution in [0.1, 0.15) is 30.5 Å². The molecule has 0 unspecified atom stereocenters. The molecule has 13 heteroatoms. The normalized spacial score (nSPS) is 12.3. The molecule has 0 fully saturated rings. The predicted molar refractivity (Wildman–Crippen MR) is 131 cm³/mol. The standard InChI is InChI=1S/C26H24F6N2O4S/c1-17(2)15-34(24(35)33-21-11-9-19(10-12-21)25(27,28)29)16-18-5-3-7-22(13-18)38-39(36,37)23-8-4-6-20(14-23)26(30,31)32/h3-14,17H,15-16H2,1-2H3,(H,33,35). The molecule has 3 aromatic carbocycles. The Morgan fingerprint density at radius 3 is 2.08 bits per heavy atom. The summed E-state index contributed by atoms with van der Waals surface area (Å²) < 4.78 is 108. The second-order valence-corrected chi connectivity index (χ2v) is 10.5. The number of anilines is 1. The summed E-state index contributed by atoms with van der Waals surface area (Å²) in [7, 11) is -4.60. The fraction of sp³-hybridized carbons (Fsp3) is 0.269. The molecule has 3 aromatic rings. The number of hydrogen-bond donors (Lipinski definition) is 1. The van der Waals surface area contributed by atoms with Crippen molar-refractivity contribution in [1.82, 2.24) is 4.90 Å². The molecular formula is C26H24F6N2O4S. The quantitative estimate of drug-likeness (QED) is 0.228. The third kappa shape index (κ3) is 8.37. The Labute approximate surface area is 221 Å². The van der Waals surface area contributed by atoms with Gasteiger partial charge in [-0.05, 0) is 66.1 Å². The van der Waals surface area contributed by atoms with Crippen molar-refractivity contribution in [2.24, 2.45) is 5.92 Å². The summed E-state index contributed by atoms with van der Waals surface area (Å²) in [4.78, 5) is 13.6. The summed E-state index contributed by atoms with van der Waals surface area (Å²) in [6.07, 6.45) is -9.26. The lowest BCUT2D eigenvalue weighted by Crippen LogP contribution is -2.37. The second-order valence-electron chi connectivity index (χ2n) is 8.99. The molecule has 0 bridgehead atoms. The number of nitrogens with zero attached hydrogens (tertiary/aromatic N) is 1. The van der Waals surface area contributed by atoms with E-state index < -0.39 is 44.5 Å². The van der Waals surface area contributed by atoms with E-state index in [-0.39, 0.29) is 30.4 Å². The Kier molecular flexibility index (Phi) is 8.84. The molecule has 0 spiro atoms. The van der Waals surface area contributed by atoms with Gasteiger partial charge in [0.25, 0.3) is 0 Å². The molecule has 1 N–H and O–H groups in total. The Balaban J connectivity index is 1.77. The molecule has 0 aliphatic rings. The van der Waals surface area contributed by atoms with Crippen molar-refractivity contribution in [3.05, 3.63) is 89.5 Å². The van der Waals surface area contributed by atoms with E-state index in [0.29, 0.717) is 11.6 Å². The van der Waals surface area contributed by atoms with Gasteiger partial charge in [0, 0.05) is 18.8 Å². The monoisotopic (exact) mass is 574 g/mol. The van der Waals surface area contributed by atoms with Gasteiger partial charge in [-0.1, -0.05) is 32.0 Å². The van der Waals surface area contributed by atoms with Crippen LogP contribution in [0.3, 0.4) is 0 Å². The van der Waals surface area contributed by atoms with Gasteiger partial charge in [-0.2, -0.15) is 34.8 Å². The van der Waals surface area contributed by atoms with Crippen LogP contribution in [0, 0.1) is 5.92 Å². The minimum absolute atomic E-state index is 0.00377. The van der Waals surface area contributed by atoms with Crippen LogP contribution < -0.4 is 9.50 Å². The first-order chi connectivity index (χ1) is 18.0. The van der Waals surface area contributed by atoms with Crippen LogP contribution in [0.15, 0.2) is 77.7 Å². The third-order valence-corrected chi connectivity index (χ3v) is 6.51. The number of alkyl halides is 6. The zero-order valence-electron chi connectivity index (χ0n) is 20.7. The summed E-state index contributed by atoms with van der Waals surface area (Å²) in [5.74, 6) is -0.179. The highest BCUT2D eigenvalue weighted by Crippen LogP contribution is 2.32. The number of amides is 2. The van der Waals surface area contributed by atoms with Crippen LogP contribution >= 0.6 is 0 Å². The van der Waals surface area contributed by atoms with Gasteiger partial charge in [0.2, 0.25) is 0 Å². The van der Waals surface area contributed by atoms with E-state index in [0.717, 1.165) is 42.5 Å². The van der Waals surface area contributed by atoms with Gasteiger partial charge in [-0.15, -0.1) is 0 Å². The first kappa shape index (κ1) is 29.8. The van der Waals surface area contributed by atoms with Crippen molar-refractivity contribution in [1.29, 1.82) is 0 Å². The molecule has 2 amide bonds. The van der Waals surface area contributed by atoms with Gasteiger partial charge in [-0.25, -0.2) is 4.79 Å². The fourth-order valence-corrected chi connectivity index (χ4v) is 4.49. The maximum absolute atomic E-state index is 13.0. The number of carbonyl (C=O) groups excluding carboxylic acids is 1. The van der Waals surface area contributed by atoms with E-state index in [1.165, 1.54) is 23.1 Å². The third-order valence-electron chi connectivity index (χ3n) is 5.26. The number of halogens is 6. The van der Waals surface area contributed by atoms with Gasteiger partial charge in [0.15, 0.2) is 0 Å². The maximum atomic E-state index is 13.0. The molecule has 0 aliphatic heterocycles. The van der Waals surface area contributed by atoms with E-state index >= 15 is 0 Å². The molecule has 0 aliphatic carbocycles. The van der Waals surface area contributed by atoms with Crippen molar-refractivity contribution in [3.63, 3.8) is 0 Å². The van der Waals surface area contributed by atoms with E-state index in [9.17, 15) is 39.6 Å². The Hall–Kier alpha value is -3.74. The lowest BCUT2D eigenvalue weighted by atomic mass is 10.1. The lowest BCUT2D eigenvalue weighted by molar-refractivity contribution is -0.138. The highest BCUT2D eigenvalue weighted by atomic mass is 32.2. The predicted octanol–water partition coefficient (Wildman–Crippen LogP) is 7.18. The molecule has 3 rings (SSSR count). The second kappa shape index (κ2) is 11.6. The summed E-state index contributed by atoms with van der Waals surface area (Å²) in [6, 6.07) is 12.1. The van der Waals surface area contributed by atoms with Crippen LogP contribution in [0.5, 0.6) is 5.75 Å². The highest BCUT2D eigenvalue weighted by Gasteiger charge is 2.32. The molecule has 6 nitrogen and oxygen atoms in total. The molecular weight excluding hydrogens is 550 g/mol.